The Hall–Kier alpha value is -2.75. The molecule has 0 saturated heterocycles. The number of rotatable bonds is 4. The molecule has 19 heavy (non-hydrogen) atoms. The largest absolute Gasteiger partial charge is 0.459 e. The summed E-state index contributed by atoms with van der Waals surface area (Å²) in [6, 6.07) is 5.61. The molecule has 0 saturated carbocycles. The second kappa shape index (κ2) is 5.73. The van der Waals surface area contributed by atoms with Crippen molar-refractivity contribution in [3.05, 3.63) is 47.7 Å². The van der Waals surface area contributed by atoms with Crippen molar-refractivity contribution >= 4 is 5.82 Å². The maximum atomic E-state index is 13.1. The first-order chi connectivity index (χ1) is 9.19. The molecule has 0 amide bonds. The number of nitrogens with zero attached hydrogens (tertiary/aromatic N) is 3. The Balaban J connectivity index is 2.05. The third-order valence-corrected chi connectivity index (χ3v) is 2.18. The third-order valence-electron chi connectivity index (χ3n) is 2.18. The van der Waals surface area contributed by atoms with E-state index < -0.39 is 5.82 Å². The Kier molecular flexibility index (Phi) is 3.83. The Morgan fingerprint density at radius 3 is 2.68 bits per heavy atom. The monoisotopic (exact) mass is 262 g/mol. The maximum absolute atomic E-state index is 13.1. The van der Waals surface area contributed by atoms with E-state index >= 15 is 0 Å². The van der Waals surface area contributed by atoms with E-state index in [-0.39, 0.29) is 24.3 Å². The van der Waals surface area contributed by atoms with Crippen molar-refractivity contribution in [3.8, 4) is 12.2 Å². The van der Waals surface area contributed by atoms with E-state index in [1.54, 1.807) is 18.3 Å². The van der Waals surface area contributed by atoms with E-state index in [1.165, 1.54) is 12.1 Å². The SMILES string of the molecule is N#CNc1nc(OCc2ccc(F)cc2)ncc1F. The molecular weight excluding hydrogens is 254 g/mol. The van der Waals surface area contributed by atoms with Gasteiger partial charge in [-0.05, 0) is 17.7 Å². The van der Waals surface area contributed by atoms with Gasteiger partial charge in [-0.15, -0.1) is 0 Å². The fraction of sp³-hybridized carbons (Fsp3) is 0.0833. The summed E-state index contributed by atoms with van der Waals surface area (Å²) in [4.78, 5) is 7.30. The predicted molar refractivity (Wildman–Crippen MR) is 62.0 cm³/mol. The summed E-state index contributed by atoms with van der Waals surface area (Å²) in [6.45, 7) is 0.109. The lowest BCUT2D eigenvalue weighted by Gasteiger charge is -2.05. The van der Waals surface area contributed by atoms with E-state index in [0.29, 0.717) is 5.56 Å². The van der Waals surface area contributed by atoms with Gasteiger partial charge in [-0.2, -0.15) is 10.2 Å². The molecule has 5 nitrogen and oxygen atoms in total. The zero-order valence-electron chi connectivity index (χ0n) is 9.60. The highest BCUT2D eigenvalue weighted by Crippen LogP contribution is 2.14. The normalized spacial score (nSPS) is 9.74. The Morgan fingerprint density at radius 1 is 1.26 bits per heavy atom. The van der Waals surface area contributed by atoms with Gasteiger partial charge in [0, 0.05) is 0 Å². The quantitative estimate of drug-likeness (QED) is 0.675. The number of aromatic nitrogens is 2. The molecule has 0 fully saturated rings. The Labute approximate surface area is 107 Å². The first-order valence-electron chi connectivity index (χ1n) is 5.24. The number of halogens is 2. The van der Waals surface area contributed by atoms with E-state index in [4.69, 9.17) is 10.00 Å². The molecule has 1 aromatic heterocycles. The molecule has 2 aromatic rings. The standard InChI is InChI=1S/C12H8F2N4O/c13-9-3-1-8(2-4-9)6-19-12-16-5-10(14)11(18-12)17-7-15/h1-5H,6H2,(H,16,17,18). The van der Waals surface area contributed by atoms with Crippen LogP contribution in [-0.4, -0.2) is 9.97 Å². The fourth-order valence-electron chi connectivity index (χ4n) is 1.29. The number of nitriles is 1. The third kappa shape index (κ3) is 3.35. The highest BCUT2D eigenvalue weighted by atomic mass is 19.1. The van der Waals surface area contributed by atoms with Gasteiger partial charge in [0.15, 0.2) is 17.8 Å². The van der Waals surface area contributed by atoms with Crippen LogP contribution in [0.3, 0.4) is 0 Å². The van der Waals surface area contributed by atoms with Crippen LogP contribution in [0, 0.1) is 23.1 Å². The van der Waals surface area contributed by atoms with Gasteiger partial charge in [-0.1, -0.05) is 12.1 Å². The molecule has 7 heteroatoms. The zero-order chi connectivity index (χ0) is 13.7. The van der Waals surface area contributed by atoms with Crippen molar-refractivity contribution < 1.29 is 13.5 Å². The van der Waals surface area contributed by atoms with Gasteiger partial charge in [-0.3, -0.25) is 5.32 Å². The number of nitrogens with one attached hydrogen (secondary N) is 1. The van der Waals surface area contributed by atoms with Crippen molar-refractivity contribution in [2.24, 2.45) is 0 Å². The molecule has 0 aliphatic rings. The van der Waals surface area contributed by atoms with Crippen LogP contribution in [-0.2, 0) is 6.61 Å². The average molecular weight is 262 g/mol. The molecule has 0 unspecified atom stereocenters. The average Bonchev–Trinajstić information content (AvgIpc) is 2.42. The Morgan fingerprint density at radius 2 is 2.00 bits per heavy atom. The van der Waals surface area contributed by atoms with Crippen LogP contribution in [0.4, 0.5) is 14.6 Å². The highest BCUT2D eigenvalue weighted by molar-refractivity contribution is 5.39. The minimum atomic E-state index is -0.754. The smallest absolute Gasteiger partial charge is 0.318 e. The van der Waals surface area contributed by atoms with Crippen molar-refractivity contribution in [1.29, 1.82) is 5.26 Å². The van der Waals surface area contributed by atoms with Crippen molar-refractivity contribution in [2.75, 3.05) is 5.32 Å². The number of ether oxygens (including phenoxy) is 1. The lowest BCUT2D eigenvalue weighted by molar-refractivity contribution is 0.280. The molecule has 0 bridgehead atoms. The van der Waals surface area contributed by atoms with Gasteiger partial charge in [0.05, 0.1) is 6.20 Å². The van der Waals surface area contributed by atoms with Gasteiger partial charge in [0.2, 0.25) is 0 Å². The molecule has 96 valence electrons. The number of anilines is 1. The minimum Gasteiger partial charge on any atom is -0.459 e. The summed E-state index contributed by atoms with van der Waals surface area (Å²) in [7, 11) is 0. The van der Waals surface area contributed by atoms with Gasteiger partial charge in [-0.25, -0.2) is 13.8 Å². The van der Waals surface area contributed by atoms with Crippen LogP contribution in [0.15, 0.2) is 30.5 Å². The molecule has 2 rings (SSSR count). The van der Waals surface area contributed by atoms with Gasteiger partial charge >= 0.3 is 6.01 Å². The van der Waals surface area contributed by atoms with Crippen LogP contribution in [0.5, 0.6) is 6.01 Å². The number of hydrogen-bond acceptors (Lipinski definition) is 5. The highest BCUT2D eigenvalue weighted by Gasteiger charge is 2.07. The fourth-order valence-corrected chi connectivity index (χ4v) is 1.29. The molecule has 1 aromatic carbocycles. The molecule has 0 spiro atoms. The molecule has 1 N–H and O–H groups in total. The van der Waals surface area contributed by atoms with Gasteiger partial charge < -0.3 is 4.74 Å². The van der Waals surface area contributed by atoms with E-state index in [9.17, 15) is 8.78 Å². The summed E-state index contributed by atoms with van der Waals surface area (Å²) in [5.41, 5.74) is 0.712. The van der Waals surface area contributed by atoms with Crippen molar-refractivity contribution in [2.45, 2.75) is 6.61 Å². The Bertz CT molecular complexity index is 610. The second-order valence-electron chi connectivity index (χ2n) is 3.50. The first kappa shape index (κ1) is 12.7. The minimum absolute atomic E-state index is 0.0801. The van der Waals surface area contributed by atoms with Crippen molar-refractivity contribution in [1.82, 2.24) is 9.97 Å². The summed E-state index contributed by atoms with van der Waals surface area (Å²) < 4.78 is 31.0. The van der Waals surface area contributed by atoms with E-state index in [0.717, 1.165) is 6.20 Å². The molecule has 0 atom stereocenters. The lowest BCUT2D eigenvalue weighted by Crippen LogP contribution is -2.03. The lowest BCUT2D eigenvalue weighted by atomic mass is 10.2. The molecule has 0 aliphatic heterocycles. The van der Waals surface area contributed by atoms with E-state index in [2.05, 4.69) is 15.3 Å². The molecule has 0 aliphatic carbocycles. The zero-order valence-corrected chi connectivity index (χ0v) is 9.60. The van der Waals surface area contributed by atoms with Crippen LogP contribution in [0.1, 0.15) is 5.56 Å². The predicted octanol–water partition coefficient (Wildman–Crippen LogP) is 2.23. The first-order valence-corrected chi connectivity index (χ1v) is 5.24. The number of benzene rings is 1. The van der Waals surface area contributed by atoms with Crippen LogP contribution in [0.25, 0.3) is 0 Å². The summed E-state index contributed by atoms with van der Waals surface area (Å²) in [6.07, 6.45) is 2.45. The van der Waals surface area contributed by atoms with E-state index in [1.807, 2.05) is 0 Å². The molecular formula is C12H8F2N4O. The van der Waals surface area contributed by atoms with Crippen molar-refractivity contribution in [3.63, 3.8) is 0 Å². The van der Waals surface area contributed by atoms with Gasteiger partial charge in [0.1, 0.15) is 12.4 Å². The maximum Gasteiger partial charge on any atom is 0.318 e. The topological polar surface area (TPSA) is 70.8 Å². The van der Waals surface area contributed by atoms with Crippen LogP contribution >= 0.6 is 0 Å². The molecule has 1 heterocycles. The molecule has 0 radical (unpaired) electrons. The van der Waals surface area contributed by atoms with Gasteiger partial charge in [0.25, 0.3) is 0 Å². The number of hydrogen-bond donors (Lipinski definition) is 1. The second-order valence-corrected chi connectivity index (χ2v) is 3.50. The summed E-state index contributed by atoms with van der Waals surface area (Å²) in [5.74, 6) is -1.36. The summed E-state index contributed by atoms with van der Waals surface area (Å²) in [5, 5.41) is 10.5. The summed E-state index contributed by atoms with van der Waals surface area (Å²) >= 11 is 0. The van der Waals surface area contributed by atoms with Crippen LogP contribution in [0.2, 0.25) is 0 Å². The van der Waals surface area contributed by atoms with Crippen LogP contribution < -0.4 is 10.1 Å².